The van der Waals surface area contributed by atoms with Gasteiger partial charge in [-0.05, 0) is 49.5 Å². The number of carbonyl (C=O) groups excluding carboxylic acids is 6. The second-order valence-corrected chi connectivity index (χ2v) is 13.7. The lowest BCUT2D eigenvalue weighted by molar-refractivity contribution is -0.147. The molecule has 0 saturated carbocycles. The lowest BCUT2D eigenvalue weighted by Crippen LogP contribution is -2.60. The number of hydrogen-bond acceptors (Lipinski definition) is 11. The van der Waals surface area contributed by atoms with E-state index in [1.807, 2.05) is 0 Å². The smallest absolute Gasteiger partial charge is 0.408 e. The second-order valence-electron chi connectivity index (χ2n) is 13.7. The molecule has 318 valence electrons. The van der Waals surface area contributed by atoms with Crippen molar-refractivity contribution < 1.29 is 48.1 Å². The number of carboxylic acids is 1. The van der Waals surface area contributed by atoms with Crippen LogP contribution in [0.15, 0.2) is 40.3 Å². The third-order valence-electron chi connectivity index (χ3n) is 8.29. The summed E-state index contributed by atoms with van der Waals surface area (Å²) in [6.07, 6.45) is -1.53. The first-order chi connectivity index (χ1) is 26.9. The lowest BCUT2D eigenvalue weighted by Gasteiger charge is -2.28. The maximum atomic E-state index is 13.9. The number of nitrogens with zero attached hydrogens (tertiary/aromatic N) is 2. The Morgan fingerprint density at radius 1 is 0.649 bits per heavy atom. The summed E-state index contributed by atoms with van der Waals surface area (Å²) in [5, 5.41) is 22.2. The van der Waals surface area contributed by atoms with E-state index in [0.717, 1.165) is 0 Å². The van der Waals surface area contributed by atoms with Gasteiger partial charge in [0.15, 0.2) is 11.9 Å². The van der Waals surface area contributed by atoms with E-state index in [1.165, 1.54) is 7.11 Å². The molecule has 1 aromatic rings. The summed E-state index contributed by atoms with van der Waals surface area (Å²) in [5.41, 5.74) is 22.4. The lowest BCUT2D eigenvalue weighted by atomic mass is 9.99. The van der Waals surface area contributed by atoms with E-state index in [0.29, 0.717) is 5.56 Å². The highest BCUT2D eigenvalue weighted by Gasteiger charge is 2.34. The summed E-state index contributed by atoms with van der Waals surface area (Å²) in [5.74, 6) is -6.53. The Kier molecular flexibility index (Phi) is 22.2. The molecular formula is C36H59N11O10. The molecule has 0 fully saturated rings. The van der Waals surface area contributed by atoms with Gasteiger partial charge in [0.05, 0.1) is 7.11 Å². The number of benzene rings is 1. The van der Waals surface area contributed by atoms with E-state index >= 15 is 0 Å². The number of alkyl carbamates (subject to hydrolysis) is 1. The molecule has 0 heterocycles. The Hall–Kier alpha value is -6.15. The fourth-order valence-corrected chi connectivity index (χ4v) is 5.19. The number of nitrogens with one attached hydrogen (secondary N) is 5. The van der Waals surface area contributed by atoms with Gasteiger partial charge in [0.2, 0.25) is 23.6 Å². The van der Waals surface area contributed by atoms with Crippen molar-refractivity contribution in [3.05, 3.63) is 35.9 Å². The van der Waals surface area contributed by atoms with Gasteiger partial charge in [-0.1, -0.05) is 58.0 Å². The topological polar surface area (TPSA) is 347 Å². The van der Waals surface area contributed by atoms with Crippen molar-refractivity contribution >= 4 is 53.6 Å². The minimum Gasteiger partial charge on any atom is -0.481 e. The van der Waals surface area contributed by atoms with Crippen LogP contribution in [0.3, 0.4) is 0 Å². The largest absolute Gasteiger partial charge is 0.481 e. The summed E-state index contributed by atoms with van der Waals surface area (Å²) < 4.78 is 10.1. The molecule has 0 radical (unpaired) electrons. The third kappa shape index (κ3) is 19.8. The SMILES string of the molecule is COC(=O)C(NC(=O)C(NC(=O)C(CCC(=O)O)NC(=O)C(CCCN=C(N)N)NC(=O)C(CCCN=C(N)N)NC(=O)OCc1ccccc1)C(C)C)C(C)C. The predicted molar refractivity (Wildman–Crippen MR) is 210 cm³/mol. The van der Waals surface area contributed by atoms with Crippen molar-refractivity contribution in [2.45, 2.75) is 103 Å². The highest BCUT2D eigenvalue weighted by molar-refractivity contribution is 5.96. The highest BCUT2D eigenvalue weighted by Crippen LogP contribution is 2.11. The first-order valence-electron chi connectivity index (χ1n) is 18.4. The van der Waals surface area contributed by atoms with Gasteiger partial charge in [-0.15, -0.1) is 0 Å². The van der Waals surface area contributed by atoms with Crippen LogP contribution in [-0.2, 0) is 44.8 Å². The maximum Gasteiger partial charge on any atom is 0.408 e. The first-order valence-corrected chi connectivity index (χ1v) is 18.4. The zero-order valence-electron chi connectivity index (χ0n) is 33.1. The molecule has 5 unspecified atom stereocenters. The Morgan fingerprint density at radius 2 is 1.11 bits per heavy atom. The van der Waals surface area contributed by atoms with Crippen molar-refractivity contribution in [2.75, 3.05) is 20.2 Å². The number of carboxylic acid groups (broad SMARTS) is 1. The fourth-order valence-electron chi connectivity index (χ4n) is 5.19. The average Bonchev–Trinajstić information content (AvgIpc) is 3.15. The molecule has 1 aromatic carbocycles. The van der Waals surface area contributed by atoms with Gasteiger partial charge in [-0.3, -0.25) is 34.0 Å². The number of ether oxygens (including phenoxy) is 2. The molecule has 5 atom stereocenters. The number of guanidine groups is 2. The van der Waals surface area contributed by atoms with E-state index in [2.05, 4.69) is 36.6 Å². The number of hydrogen-bond donors (Lipinski definition) is 10. The van der Waals surface area contributed by atoms with Crippen LogP contribution < -0.4 is 49.5 Å². The molecule has 57 heavy (non-hydrogen) atoms. The zero-order chi connectivity index (χ0) is 43.1. The van der Waals surface area contributed by atoms with Crippen molar-refractivity contribution in [1.29, 1.82) is 0 Å². The van der Waals surface area contributed by atoms with Gasteiger partial charge < -0.3 is 64.1 Å². The number of nitrogens with two attached hydrogens (primary N) is 4. The Morgan fingerprint density at radius 3 is 1.56 bits per heavy atom. The summed E-state index contributed by atoms with van der Waals surface area (Å²) in [4.78, 5) is 99.0. The fraction of sp³-hybridized carbons (Fsp3) is 0.583. The van der Waals surface area contributed by atoms with Crippen molar-refractivity contribution in [3.63, 3.8) is 0 Å². The van der Waals surface area contributed by atoms with Crippen LogP contribution in [0.2, 0.25) is 0 Å². The van der Waals surface area contributed by atoms with E-state index in [1.54, 1.807) is 58.0 Å². The summed E-state index contributed by atoms with van der Waals surface area (Å²) in [6, 6.07) is 2.47. The summed E-state index contributed by atoms with van der Waals surface area (Å²) in [7, 11) is 1.17. The normalized spacial score (nSPS) is 13.4. The minimum absolute atomic E-state index is 0.0152. The van der Waals surface area contributed by atoms with Gasteiger partial charge in [0.25, 0.3) is 0 Å². The molecule has 1 rings (SSSR count). The number of carbonyl (C=O) groups is 7. The monoisotopic (exact) mass is 805 g/mol. The third-order valence-corrected chi connectivity index (χ3v) is 8.29. The number of esters is 1. The molecule has 0 bridgehead atoms. The van der Waals surface area contributed by atoms with E-state index < -0.39 is 90.6 Å². The van der Waals surface area contributed by atoms with Gasteiger partial charge in [-0.2, -0.15) is 0 Å². The van der Waals surface area contributed by atoms with Crippen LogP contribution >= 0.6 is 0 Å². The molecule has 14 N–H and O–H groups in total. The zero-order valence-corrected chi connectivity index (χ0v) is 33.1. The van der Waals surface area contributed by atoms with Gasteiger partial charge >= 0.3 is 18.0 Å². The number of amides is 5. The number of rotatable bonds is 25. The molecule has 0 aliphatic heterocycles. The Bertz CT molecular complexity index is 1550. The van der Waals surface area contributed by atoms with Crippen LogP contribution in [0.4, 0.5) is 4.79 Å². The molecule has 21 heteroatoms. The molecule has 0 saturated heterocycles. The Balaban J connectivity index is 3.35. The number of methoxy groups -OCH3 is 1. The summed E-state index contributed by atoms with van der Waals surface area (Å²) >= 11 is 0. The standard InChI is InChI=1S/C36H59N11O10/c1-20(2)27(32(53)47-28(21(3)4)33(54)56-5)46-31(52)25(15-16-26(48)49)44-29(50)23(13-9-17-41-34(37)38)43-30(51)24(14-10-18-42-35(39)40)45-36(55)57-19-22-11-7-6-8-12-22/h6-8,11-12,20-21,23-25,27-28H,9-10,13-19H2,1-5H3,(H,43,51)(H,44,50)(H,45,55)(H,46,52)(H,47,53)(H,48,49)(H4,37,38,41)(H4,39,40,42). The maximum absolute atomic E-state index is 13.9. The molecule has 21 nitrogen and oxygen atoms in total. The molecule has 0 aromatic heterocycles. The highest BCUT2D eigenvalue weighted by atomic mass is 16.5. The summed E-state index contributed by atoms with van der Waals surface area (Å²) in [6.45, 7) is 6.75. The average molecular weight is 806 g/mol. The van der Waals surface area contributed by atoms with Gasteiger partial charge in [0.1, 0.15) is 36.8 Å². The molecular weight excluding hydrogens is 746 g/mol. The van der Waals surface area contributed by atoms with E-state index in [-0.39, 0.29) is 63.2 Å². The second kappa shape index (κ2) is 25.8. The van der Waals surface area contributed by atoms with Crippen molar-refractivity contribution in [3.8, 4) is 0 Å². The predicted octanol–water partition coefficient (Wildman–Crippen LogP) is -1.32. The van der Waals surface area contributed by atoms with Gasteiger partial charge in [0, 0.05) is 19.5 Å². The van der Waals surface area contributed by atoms with Crippen LogP contribution in [0.1, 0.15) is 71.8 Å². The van der Waals surface area contributed by atoms with Crippen LogP contribution in [0.5, 0.6) is 0 Å². The molecule has 0 spiro atoms. The Labute approximate surface area is 331 Å². The molecule has 5 amide bonds. The molecule has 0 aliphatic rings. The van der Waals surface area contributed by atoms with Crippen molar-refractivity contribution in [1.82, 2.24) is 26.6 Å². The van der Waals surface area contributed by atoms with Crippen LogP contribution in [-0.4, -0.2) is 109 Å². The number of aliphatic carboxylic acids is 1. The quantitative estimate of drug-likeness (QED) is 0.0237. The van der Waals surface area contributed by atoms with E-state index in [4.69, 9.17) is 32.4 Å². The van der Waals surface area contributed by atoms with Gasteiger partial charge in [-0.25, -0.2) is 9.59 Å². The number of aliphatic imine (C=N–C) groups is 2. The van der Waals surface area contributed by atoms with E-state index in [9.17, 15) is 38.7 Å². The minimum atomic E-state index is -1.50. The van der Waals surface area contributed by atoms with Crippen molar-refractivity contribution in [2.24, 2.45) is 44.8 Å². The van der Waals surface area contributed by atoms with Crippen LogP contribution in [0.25, 0.3) is 0 Å². The molecule has 0 aliphatic carbocycles. The van der Waals surface area contributed by atoms with Crippen LogP contribution in [0, 0.1) is 11.8 Å². The first kappa shape index (κ1) is 48.9.